The van der Waals surface area contributed by atoms with Crippen molar-refractivity contribution in [2.75, 3.05) is 7.11 Å². The Labute approximate surface area is 111 Å². The fourth-order valence-corrected chi connectivity index (χ4v) is 3.19. The molecule has 0 aliphatic heterocycles. The molecule has 0 spiro atoms. The summed E-state index contributed by atoms with van der Waals surface area (Å²) in [6.45, 7) is 4.13. The lowest BCUT2D eigenvalue weighted by Crippen LogP contribution is -1.95. The number of aryl methyl sites for hydroxylation is 2. The molecule has 1 atom stereocenters. The summed E-state index contributed by atoms with van der Waals surface area (Å²) in [4.78, 5) is 0. The van der Waals surface area contributed by atoms with Crippen LogP contribution in [0.3, 0.4) is 0 Å². The number of thiophene rings is 1. The predicted octanol–water partition coefficient (Wildman–Crippen LogP) is 4.70. The van der Waals surface area contributed by atoms with Crippen molar-refractivity contribution in [2.24, 2.45) is 0 Å². The van der Waals surface area contributed by atoms with Gasteiger partial charge in [0, 0.05) is 0 Å². The summed E-state index contributed by atoms with van der Waals surface area (Å²) in [5.41, 5.74) is 4.68. The van der Waals surface area contributed by atoms with E-state index in [4.69, 9.17) is 16.3 Å². The minimum Gasteiger partial charge on any atom is -0.496 e. The Morgan fingerprint density at radius 1 is 1.18 bits per heavy atom. The van der Waals surface area contributed by atoms with E-state index >= 15 is 0 Å². The minimum atomic E-state index is -0.0779. The quantitative estimate of drug-likeness (QED) is 0.732. The maximum Gasteiger partial charge on any atom is 0.121 e. The zero-order valence-electron chi connectivity index (χ0n) is 10.2. The van der Waals surface area contributed by atoms with Crippen LogP contribution in [-0.4, -0.2) is 7.11 Å². The third-order valence-corrected chi connectivity index (χ3v) is 4.25. The number of ether oxygens (including phenoxy) is 1. The summed E-state index contributed by atoms with van der Waals surface area (Å²) >= 11 is 8.20. The van der Waals surface area contributed by atoms with Crippen molar-refractivity contribution in [3.63, 3.8) is 0 Å². The van der Waals surface area contributed by atoms with Crippen molar-refractivity contribution in [1.82, 2.24) is 0 Å². The average molecular weight is 267 g/mol. The monoisotopic (exact) mass is 266 g/mol. The lowest BCUT2D eigenvalue weighted by atomic mass is 10.0. The number of hydrogen-bond donors (Lipinski definition) is 0. The summed E-state index contributed by atoms with van der Waals surface area (Å²) in [5.74, 6) is 0.902. The molecule has 0 fully saturated rings. The summed E-state index contributed by atoms with van der Waals surface area (Å²) in [7, 11) is 1.68. The second kappa shape index (κ2) is 5.11. The lowest BCUT2D eigenvalue weighted by molar-refractivity contribution is 0.411. The smallest absolute Gasteiger partial charge is 0.121 e. The van der Waals surface area contributed by atoms with Gasteiger partial charge in [-0.05, 0) is 52.9 Å². The zero-order valence-corrected chi connectivity index (χ0v) is 11.7. The number of benzene rings is 1. The van der Waals surface area contributed by atoms with Gasteiger partial charge in [-0.15, -0.1) is 11.6 Å². The van der Waals surface area contributed by atoms with Crippen LogP contribution in [0.25, 0.3) is 0 Å². The molecule has 1 nitrogen and oxygen atoms in total. The topological polar surface area (TPSA) is 9.23 Å². The summed E-state index contributed by atoms with van der Waals surface area (Å²) in [6.07, 6.45) is 0. The maximum atomic E-state index is 6.51. The molecule has 1 heterocycles. The average Bonchev–Trinajstić information content (AvgIpc) is 2.74. The molecule has 0 radical (unpaired) electrons. The van der Waals surface area contributed by atoms with E-state index in [0.717, 1.165) is 16.9 Å². The van der Waals surface area contributed by atoms with Gasteiger partial charge in [0.2, 0.25) is 0 Å². The van der Waals surface area contributed by atoms with Crippen molar-refractivity contribution in [2.45, 2.75) is 19.2 Å². The van der Waals surface area contributed by atoms with Crippen LogP contribution in [0.4, 0.5) is 0 Å². The molecule has 2 rings (SSSR count). The standard InChI is InChI=1S/C14H15ClOS/c1-9-6-11(4-5-13(9)16-3)14(15)12-8-17-7-10(12)2/h4-8,14H,1-3H3. The fourth-order valence-electron chi connectivity index (χ4n) is 1.87. The largest absolute Gasteiger partial charge is 0.496 e. The molecule has 1 aromatic carbocycles. The molecule has 0 aliphatic carbocycles. The first-order valence-corrected chi connectivity index (χ1v) is 6.82. The van der Waals surface area contributed by atoms with Crippen molar-refractivity contribution in [3.8, 4) is 5.75 Å². The highest BCUT2D eigenvalue weighted by molar-refractivity contribution is 7.08. The summed E-state index contributed by atoms with van der Waals surface area (Å²) in [6, 6.07) is 6.09. The molecule has 0 saturated heterocycles. The molecular weight excluding hydrogens is 252 g/mol. The molecule has 0 amide bonds. The minimum absolute atomic E-state index is 0.0779. The molecule has 0 aliphatic rings. The number of halogens is 1. The third-order valence-electron chi connectivity index (χ3n) is 2.88. The van der Waals surface area contributed by atoms with Crippen LogP contribution in [0.1, 0.15) is 27.6 Å². The Hall–Kier alpha value is -0.990. The normalized spacial score (nSPS) is 12.5. The van der Waals surface area contributed by atoms with Gasteiger partial charge in [0.15, 0.2) is 0 Å². The zero-order chi connectivity index (χ0) is 12.4. The molecule has 2 aromatic rings. The van der Waals surface area contributed by atoms with Crippen LogP contribution in [0.5, 0.6) is 5.75 Å². The number of rotatable bonds is 3. The van der Waals surface area contributed by atoms with E-state index < -0.39 is 0 Å². The van der Waals surface area contributed by atoms with E-state index in [1.807, 2.05) is 19.1 Å². The van der Waals surface area contributed by atoms with E-state index in [1.165, 1.54) is 11.1 Å². The highest BCUT2D eigenvalue weighted by Gasteiger charge is 2.14. The first kappa shape index (κ1) is 12.5. The van der Waals surface area contributed by atoms with Gasteiger partial charge in [0.25, 0.3) is 0 Å². The first-order valence-electron chi connectivity index (χ1n) is 5.44. The first-order chi connectivity index (χ1) is 8.13. The van der Waals surface area contributed by atoms with Gasteiger partial charge in [0.05, 0.1) is 12.5 Å². The predicted molar refractivity (Wildman–Crippen MR) is 74.5 cm³/mol. The van der Waals surface area contributed by atoms with Gasteiger partial charge in [0.1, 0.15) is 5.75 Å². The highest BCUT2D eigenvalue weighted by atomic mass is 35.5. The van der Waals surface area contributed by atoms with Gasteiger partial charge in [-0.1, -0.05) is 12.1 Å². The van der Waals surface area contributed by atoms with Crippen molar-refractivity contribution in [3.05, 3.63) is 51.2 Å². The third kappa shape index (κ3) is 2.48. The number of hydrogen-bond acceptors (Lipinski definition) is 2. The Kier molecular flexibility index (Phi) is 3.75. The van der Waals surface area contributed by atoms with Crippen LogP contribution in [0.15, 0.2) is 29.0 Å². The second-order valence-corrected chi connectivity index (χ2v) is 5.28. The van der Waals surface area contributed by atoms with Gasteiger partial charge < -0.3 is 4.74 Å². The van der Waals surface area contributed by atoms with E-state index in [0.29, 0.717) is 0 Å². The van der Waals surface area contributed by atoms with E-state index in [9.17, 15) is 0 Å². The van der Waals surface area contributed by atoms with E-state index in [-0.39, 0.29) is 5.38 Å². The molecule has 0 bridgehead atoms. The fraction of sp³-hybridized carbons (Fsp3) is 0.286. The maximum absolute atomic E-state index is 6.51. The van der Waals surface area contributed by atoms with Gasteiger partial charge >= 0.3 is 0 Å². The van der Waals surface area contributed by atoms with Crippen LogP contribution in [-0.2, 0) is 0 Å². The Balaban J connectivity index is 2.35. The van der Waals surface area contributed by atoms with Crippen molar-refractivity contribution in [1.29, 1.82) is 0 Å². The number of alkyl halides is 1. The second-order valence-electron chi connectivity index (χ2n) is 4.10. The highest BCUT2D eigenvalue weighted by Crippen LogP contribution is 2.34. The Morgan fingerprint density at radius 3 is 2.47 bits per heavy atom. The van der Waals surface area contributed by atoms with Crippen LogP contribution in [0, 0.1) is 13.8 Å². The van der Waals surface area contributed by atoms with Gasteiger partial charge in [-0.25, -0.2) is 0 Å². The Bertz CT molecular complexity index is 519. The summed E-state index contributed by atoms with van der Waals surface area (Å²) < 4.78 is 5.25. The van der Waals surface area contributed by atoms with Crippen LogP contribution in [0.2, 0.25) is 0 Å². The van der Waals surface area contributed by atoms with Crippen molar-refractivity contribution >= 4 is 22.9 Å². The van der Waals surface area contributed by atoms with Gasteiger partial charge in [-0.3, -0.25) is 0 Å². The Morgan fingerprint density at radius 2 is 1.94 bits per heavy atom. The van der Waals surface area contributed by atoms with Crippen LogP contribution >= 0.6 is 22.9 Å². The molecule has 90 valence electrons. The molecule has 17 heavy (non-hydrogen) atoms. The number of methoxy groups -OCH3 is 1. The van der Waals surface area contributed by atoms with Crippen molar-refractivity contribution < 1.29 is 4.74 Å². The SMILES string of the molecule is COc1ccc(C(Cl)c2cscc2C)cc1C. The molecule has 1 unspecified atom stereocenters. The van der Waals surface area contributed by atoms with Crippen LogP contribution < -0.4 is 4.74 Å². The molecular formula is C14H15ClOS. The summed E-state index contributed by atoms with van der Waals surface area (Å²) in [5, 5.41) is 4.17. The van der Waals surface area contributed by atoms with E-state index in [1.54, 1.807) is 18.4 Å². The lowest BCUT2D eigenvalue weighted by Gasteiger charge is -2.12. The molecule has 3 heteroatoms. The van der Waals surface area contributed by atoms with E-state index in [2.05, 4.69) is 23.8 Å². The molecule has 0 N–H and O–H groups in total. The molecule has 1 aromatic heterocycles. The molecule has 0 saturated carbocycles. The van der Waals surface area contributed by atoms with Gasteiger partial charge in [-0.2, -0.15) is 11.3 Å².